The van der Waals surface area contributed by atoms with Crippen LogP contribution < -0.4 is 4.72 Å². The molecule has 0 fully saturated rings. The third-order valence-electron chi connectivity index (χ3n) is 3.61. The molecule has 1 aromatic carbocycles. The van der Waals surface area contributed by atoms with Crippen molar-refractivity contribution < 1.29 is 18.7 Å². The van der Waals surface area contributed by atoms with Crippen molar-refractivity contribution in [3.05, 3.63) is 66.7 Å². The molecule has 0 spiro atoms. The van der Waals surface area contributed by atoms with Gasteiger partial charge in [-0.15, -0.1) is 11.3 Å². The predicted molar refractivity (Wildman–Crippen MR) is 104 cm³/mol. The average Bonchev–Trinajstić information content (AvgIpc) is 3.29. The van der Waals surface area contributed by atoms with Crippen molar-refractivity contribution in [3.63, 3.8) is 0 Å². The quantitative estimate of drug-likeness (QED) is 0.453. The van der Waals surface area contributed by atoms with E-state index in [4.69, 9.17) is 9.52 Å². The average molecular weight is 389 g/mol. The monoisotopic (exact) mass is 389 g/mol. The lowest BCUT2D eigenvalue weighted by atomic mass is 10.0. The van der Waals surface area contributed by atoms with Gasteiger partial charge in [-0.3, -0.25) is 4.79 Å². The minimum atomic E-state index is -0.907. The molecule has 0 aliphatic heterocycles. The fourth-order valence-corrected chi connectivity index (χ4v) is 4.11. The summed E-state index contributed by atoms with van der Waals surface area (Å²) >= 11 is 2.97. The Morgan fingerprint density at radius 3 is 2.85 bits per heavy atom. The zero-order valence-electron chi connectivity index (χ0n) is 13.7. The van der Waals surface area contributed by atoms with E-state index in [-0.39, 0.29) is 18.7 Å². The Hall–Kier alpha value is -2.51. The summed E-state index contributed by atoms with van der Waals surface area (Å²) in [6.07, 6.45) is 1.85. The van der Waals surface area contributed by atoms with E-state index in [1.165, 1.54) is 24.1 Å². The molecule has 0 atom stereocenters. The van der Waals surface area contributed by atoms with E-state index < -0.39 is 5.97 Å². The van der Waals surface area contributed by atoms with Gasteiger partial charge < -0.3 is 14.2 Å². The molecule has 0 saturated heterocycles. The molecule has 3 aromatic rings. The number of furan rings is 1. The molecular weight excluding hydrogens is 373 g/mol. The number of carboxylic acid groups (broad SMARTS) is 1. The predicted octanol–water partition coefficient (Wildman–Crippen LogP) is 6.14. The number of nitrogens with one attached hydrogen (secondary N) is 1. The third-order valence-corrected chi connectivity index (χ3v) is 5.66. The minimum Gasteiger partial charge on any atom is -0.481 e. The number of thiophene rings is 1. The first-order valence-corrected chi connectivity index (χ1v) is 9.42. The number of halogens is 1. The maximum absolute atomic E-state index is 13.6. The number of carboxylic acids is 1. The van der Waals surface area contributed by atoms with Crippen LogP contribution in [0.15, 0.2) is 63.9 Å². The summed E-state index contributed by atoms with van der Waals surface area (Å²) in [5, 5.41) is 8.82. The van der Waals surface area contributed by atoms with Crippen molar-refractivity contribution in [2.75, 3.05) is 4.72 Å². The van der Waals surface area contributed by atoms with E-state index in [0.717, 1.165) is 14.8 Å². The Morgan fingerprint density at radius 2 is 2.12 bits per heavy atom. The van der Waals surface area contributed by atoms with Gasteiger partial charge in [0.15, 0.2) is 0 Å². The second kappa shape index (κ2) is 8.25. The summed E-state index contributed by atoms with van der Waals surface area (Å²) in [6, 6.07) is 12.1. The molecule has 7 heteroatoms. The number of hydrogen-bond donors (Lipinski definition) is 2. The molecule has 0 bridgehead atoms. The molecule has 0 aliphatic rings. The number of anilines is 1. The van der Waals surface area contributed by atoms with Crippen molar-refractivity contribution in [1.82, 2.24) is 0 Å². The molecular formula is C19H16FNO3S2. The summed E-state index contributed by atoms with van der Waals surface area (Å²) in [7, 11) is 0. The highest BCUT2D eigenvalue weighted by atomic mass is 32.2. The number of aliphatic carboxylic acids is 1. The molecule has 2 aromatic heterocycles. The molecule has 2 heterocycles. The molecule has 0 saturated carbocycles. The topological polar surface area (TPSA) is 62.5 Å². The zero-order valence-corrected chi connectivity index (χ0v) is 15.3. The van der Waals surface area contributed by atoms with E-state index in [9.17, 15) is 9.18 Å². The Kier molecular flexibility index (Phi) is 5.80. The fraction of sp³-hybridized carbons (Fsp3) is 0.105. The molecule has 2 N–H and O–H groups in total. The number of rotatable bonds is 8. The van der Waals surface area contributed by atoms with Gasteiger partial charge in [0.25, 0.3) is 0 Å². The van der Waals surface area contributed by atoms with E-state index in [1.54, 1.807) is 23.7 Å². The molecule has 0 unspecified atom stereocenters. The second-order valence-corrected chi connectivity index (χ2v) is 7.68. The number of benzene rings is 1. The van der Waals surface area contributed by atoms with Gasteiger partial charge >= 0.3 is 5.97 Å². The van der Waals surface area contributed by atoms with Crippen molar-refractivity contribution in [3.8, 4) is 10.6 Å². The Balaban J connectivity index is 1.71. The first-order chi connectivity index (χ1) is 12.5. The molecule has 134 valence electrons. The standard InChI is InChI=1S/C19H16FNO3S2/c1-12(4-8-18(22)23)14-11-13(20)5-6-15(14)21-26-19-9-7-17(25-19)16-3-2-10-24-16/h2-3,5-7,9-11,21H,1,4,8H2,(H,22,23). The van der Waals surface area contributed by atoms with Crippen LogP contribution in [0.3, 0.4) is 0 Å². The summed E-state index contributed by atoms with van der Waals surface area (Å²) in [5.74, 6) is -0.481. The Morgan fingerprint density at radius 1 is 1.27 bits per heavy atom. The normalized spacial score (nSPS) is 10.7. The first-order valence-electron chi connectivity index (χ1n) is 7.79. The van der Waals surface area contributed by atoms with Crippen LogP contribution in [-0.2, 0) is 4.79 Å². The molecule has 4 nitrogen and oxygen atoms in total. The highest BCUT2D eigenvalue weighted by Gasteiger charge is 2.11. The van der Waals surface area contributed by atoms with Crippen LogP contribution in [-0.4, -0.2) is 11.1 Å². The van der Waals surface area contributed by atoms with E-state index in [0.29, 0.717) is 16.8 Å². The summed E-state index contributed by atoms with van der Waals surface area (Å²) in [6.45, 7) is 3.90. The van der Waals surface area contributed by atoms with Gasteiger partial charge in [-0.2, -0.15) is 0 Å². The largest absolute Gasteiger partial charge is 0.481 e. The smallest absolute Gasteiger partial charge is 0.303 e. The highest BCUT2D eigenvalue weighted by molar-refractivity contribution is 8.02. The lowest BCUT2D eigenvalue weighted by Gasteiger charge is -2.12. The third kappa shape index (κ3) is 4.56. The van der Waals surface area contributed by atoms with Crippen LogP contribution in [0.2, 0.25) is 0 Å². The lowest BCUT2D eigenvalue weighted by molar-refractivity contribution is -0.136. The lowest BCUT2D eigenvalue weighted by Crippen LogP contribution is -1.98. The SMILES string of the molecule is C=C(CCC(=O)O)c1cc(F)ccc1NSc1ccc(-c2ccco2)s1. The van der Waals surface area contributed by atoms with Crippen LogP contribution in [0.4, 0.5) is 10.1 Å². The van der Waals surface area contributed by atoms with Gasteiger partial charge in [-0.25, -0.2) is 4.39 Å². The fourth-order valence-electron chi connectivity index (χ4n) is 2.32. The van der Waals surface area contributed by atoms with Crippen LogP contribution in [0.1, 0.15) is 18.4 Å². The maximum Gasteiger partial charge on any atom is 0.303 e. The van der Waals surface area contributed by atoms with Gasteiger partial charge in [-0.05, 0) is 66.4 Å². The minimum absolute atomic E-state index is 0.0423. The van der Waals surface area contributed by atoms with Crippen LogP contribution in [0.25, 0.3) is 16.2 Å². The molecule has 26 heavy (non-hydrogen) atoms. The van der Waals surface area contributed by atoms with Crippen molar-refractivity contribution in [1.29, 1.82) is 0 Å². The van der Waals surface area contributed by atoms with Gasteiger partial charge in [0.1, 0.15) is 11.6 Å². The molecule has 0 radical (unpaired) electrons. The zero-order chi connectivity index (χ0) is 18.5. The van der Waals surface area contributed by atoms with Gasteiger partial charge in [0, 0.05) is 12.0 Å². The van der Waals surface area contributed by atoms with Gasteiger partial charge in [0.05, 0.1) is 21.0 Å². The van der Waals surface area contributed by atoms with Crippen molar-refractivity contribution in [2.24, 2.45) is 0 Å². The van der Waals surface area contributed by atoms with Gasteiger partial charge in [0.2, 0.25) is 0 Å². The highest BCUT2D eigenvalue weighted by Crippen LogP contribution is 2.36. The molecule has 0 aliphatic carbocycles. The van der Waals surface area contributed by atoms with Crippen molar-refractivity contribution >= 4 is 40.5 Å². The van der Waals surface area contributed by atoms with Gasteiger partial charge in [-0.1, -0.05) is 6.58 Å². The number of allylic oxidation sites excluding steroid dienone is 1. The number of hydrogen-bond acceptors (Lipinski definition) is 5. The van der Waals surface area contributed by atoms with Crippen LogP contribution >= 0.6 is 23.3 Å². The van der Waals surface area contributed by atoms with Crippen LogP contribution in [0.5, 0.6) is 0 Å². The van der Waals surface area contributed by atoms with E-state index in [1.807, 2.05) is 24.3 Å². The van der Waals surface area contributed by atoms with E-state index in [2.05, 4.69) is 11.3 Å². The van der Waals surface area contributed by atoms with Crippen LogP contribution in [0, 0.1) is 5.82 Å². The summed E-state index contributed by atoms with van der Waals surface area (Å²) in [5.41, 5.74) is 1.86. The number of carbonyl (C=O) groups is 1. The Labute approximate surface area is 158 Å². The molecule has 3 rings (SSSR count). The first kappa shape index (κ1) is 18.3. The maximum atomic E-state index is 13.6. The van der Waals surface area contributed by atoms with E-state index >= 15 is 0 Å². The van der Waals surface area contributed by atoms with Crippen molar-refractivity contribution in [2.45, 2.75) is 17.1 Å². The molecule has 0 amide bonds. The second-order valence-electron chi connectivity index (χ2n) is 5.49. The summed E-state index contributed by atoms with van der Waals surface area (Å²) in [4.78, 5) is 11.8. The summed E-state index contributed by atoms with van der Waals surface area (Å²) < 4.78 is 23.2. The Bertz CT molecular complexity index is 919.